The van der Waals surface area contributed by atoms with E-state index in [1.165, 1.54) is 18.2 Å². The zero-order valence-electron chi connectivity index (χ0n) is 10.9. The SMILES string of the molecule is CC(C)CC(C)Oc1ccc(F)cc1C(N)=NO. The molecule has 0 aromatic heterocycles. The van der Waals surface area contributed by atoms with Crippen molar-refractivity contribution >= 4 is 5.84 Å². The van der Waals surface area contributed by atoms with Crippen LogP contribution in [0.1, 0.15) is 32.8 Å². The van der Waals surface area contributed by atoms with E-state index in [1.54, 1.807) is 0 Å². The summed E-state index contributed by atoms with van der Waals surface area (Å²) in [6, 6.07) is 3.96. The van der Waals surface area contributed by atoms with Crippen LogP contribution in [-0.4, -0.2) is 17.1 Å². The zero-order valence-corrected chi connectivity index (χ0v) is 10.9. The number of hydrogen-bond donors (Lipinski definition) is 2. The number of nitrogens with two attached hydrogens (primary N) is 1. The molecule has 0 saturated carbocycles. The van der Waals surface area contributed by atoms with Crippen molar-refractivity contribution in [1.82, 2.24) is 0 Å². The number of rotatable bonds is 5. The number of amidine groups is 1. The van der Waals surface area contributed by atoms with Gasteiger partial charge in [0.15, 0.2) is 5.84 Å². The first-order chi connectivity index (χ1) is 8.43. The molecule has 0 spiro atoms. The van der Waals surface area contributed by atoms with Gasteiger partial charge < -0.3 is 15.7 Å². The second-order valence-electron chi connectivity index (χ2n) is 4.68. The van der Waals surface area contributed by atoms with E-state index in [9.17, 15) is 4.39 Å². The van der Waals surface area contributed by atoms with Gasteiger partial charge >= 0.3 is 0 Å². The van der Waals surface area contributed by atoms with Crippen LogP contribution in [0.4, 0.5) is 4.39 Å². The van der Waals surface area contributed by atoms with Gasteiger partial charge in [0.1, 0.15) is 11.6 Å². The van der Waals surface area contributed by atoms with E-state index in [0.29, 0.717) is 11.7 Å². The fraction of sp³-hybridized carbons (Fsp3) is 0.462. The van der Waals surface area contributed by atoms with Gasteiger partial charge in [0.05, 0.1) is 11.7 Å². The van der Waals surface area contributed by atoms with Gasteiger partial charge in [-0.05, 0) is 37.5 Å². The van der Waals surface area contributed by atoms with E-state index >= 15 is 0 Å². The highest BCUT2D eigenvalue weighted by molar-refractivity contribution is 5.99. The molecule has 1 atom stereocenters. The fourth-order valence-electron chi connectivity index (χ4n) is 1.79. The minimum Gasteiger partial charge on any atom is -0.490 e. The Bertz CT molecular complexity index is 433. The van der Waals surface area contributed by atoms with E-state index < -0.39 is 5.82 Å². The summed E-state index contributed by atoms with van der Waals surface area (Å²) in [4.78, 5) is 0. The topological polar surface area (TPSA) is 67.8 Å². The molecule has 1 rings (SSSR count). The van der Waals surface area contributed by atoms with Crippen LogP contribution in [0.2, 0.25) is 0 Å². The van der Waals surface area contributed by atoms with Crippen molar-refractivity contribution in [2.24, 2.45) is 16.8 Å². The van der Waals surface area contributed by atoms with Crippen molar-refractivity contribution < 1.29 is 14.3 Å². The predicted molar refractivity (Wildman–Crippen MR) is 68.5 cm³/mol. The Morgan fingerprint density at radius 3 is 2.67 bits per heavy atom. The third kappa shape index (κ3) is 3.91. The number of ether oxygens (including phenoxy) is 1. The van der Waals surface area contributed by atoms with Crippen molar-refractivity contribution in [3.05, 3.63) is 29.6 Å². The molecule has 18 heavy (non-hydrogen) atoms. The summed E-state index contributed by atoms with van der Waals surface area (Å²) in [6.07, 6.45) is 0.841. The van der Waals surface area contributed by atoms with Crippen LogP contribution in [0.5, 0.6) is 5.75 Å². The van der Waals surface area contributed by atoms with Crippen molar-refractivity contribution in [2.45, 2.75) is 33.3 Å². The average Bonchev–Trinajstić information content (AvgIpc) is 2.29. The highest BCUT2D eigenvalue weighted by Gasteiger charge is 2.13. The largest absolute Gasteiger partial charge is 0.490 e. The molecule has 1 aromatic rings. The lowest BCUT2D eigenvalue weighted by atomic mass is 10.1. The van der Waals surface area contributed by atoms with Crippen LogP contribution < -0.4 is 10.5 Å². The Hall–Kier alpha value is -1.78. The summed E-state index contributed by atoms with van der Waals surface area (Å²) in [5, 5.41) is 11.5. The molecule has 0 saturated heterocycles. The Morgan fingerprint density at radius 2 is 2.11 bits per heavy atom. The van der Waals surface area contributed by atoms with Gasteiger partial charge in [0, 0.05) is 0 Å². The van der Waals surface area contributed by atoms with Gasteiger partial charge in [-0.25, -0.2) is 4.39 Å². The quantitative estimate of drug-likeness (QED) is 0.367. The van der Waals surface area contributed by atoms with Crippen molar-refractivity contribution in [3.8, 4) is 5.75 Å². The summed E-state index contributed by atoms with van der Waals surface area (Å²) in [5.41, 5.74) is 5.75. The molecule has 3 N–H and O–H groups in total. The van der Waals surface area contributed by atoms with Gasteiger partial charge in [0.2, 0.25) is 0 Å². The maximum absolute atomic E-state index is 13.1. The zero-order chi connectivity index (χ0) is 13.7. The summed E-state index contributed by atoms with van der Waals surface area (Å²) in [5.74, 6) is 0.286. The molecular formula is C13H19FN2O2. The first-order valence-electron chi connectivity index (χ1n) is 5.88. The van der Waals surface area contributed by atoms with E-state index in [-0.39, 0.29) is 17.5 Å². The Morgan fingerprint density at radius 1 is 1.44 bits per heavy atom. The third-order valence-corrected chi connectivity index (χ3v) is 2.46. The Labute approximate surface area is 106 Å². The Kier molecular flexibility index (Phi) is 4.95. The number of benzene rings is 1. The monoisotopic (exact) mass is 254 g/mol. The molecule has 0 bridgehead atoms. The van der Waals surface area contributed by atoms with Gasteiger partial charge in [-0.3, -0.25) is 0 Å². The lowest BCUT2D eigenvalue weighted by molar-refractivity contribution is 0.192. The number of hydrogen-bond acceptors (Lipinski definition) is 3. The standard InChI is InChI=1S/C13H19FN2O2/c1-8(2)6-9(3)18-12-5-4-10(14)7-11(12)13(15)16-17/h4-5,7-9,17H,6H2,1-3H3,(H2,15,16). The molecule has 100 valence electrons. The van der Waals surface area contributed by atoms with Crippen LogP contribution in [0.25, 0.3) is 0 Å². The lowest BCUT2D eigenvalue weighted by Gasteiger charge is -2.18. The minimum absolute atomic E-state index is 0.0271. The molecular weight excluding hydrogens is 235 g/mol. The van der Waals surface area contributed by atoms with E-state index in [1.807, 2.05) is 6.92 Å². The van der Waals surface area contributed by atoms with Gasteiger partial charge in [-0.1, -0.05) is 19.0 Å². The summed E-state index contributed by atoms with van der Waals surface area (Å²) >= 11 is 0. The highest BCUT2D eigenvalue weighted by atomic mass is 19.1. The first kappa shape index (κ1) is 14.3. The van der Waals surface area contributed by atoms with E-state index in [4.69, 9.17) is 15.7 Å². The van der Waals surface area contributed by atoms with E-state index in [2.05, 4.69) is 19.0 Å². The first-order valence-corrected chi connectivity index (χ1v) is 5.88. The predicted octanol–water partition coefficient (Wildman–Crippen LogP) is 2.73. The molecule has 4 nitrogen and oxygen atoms in total. The molecule has 0 aliphatic heterocycles. The Balaban J connectivity index is 2.94. The normalized spacial score (nSPS) is 13.7. The van der Waals surface area contributed by atoms with Crippen LogP contribution >= 0.6 is 0 Å². The minimum atomic E-state index is -0.458. The van der Waals surface area contributed by atoms with E-state index in [0.717, 1.165) is 6.42 Å². The van der Waals surface area contributed by atoms with Crippen LogP contribution in [0, 0.1) is 11.7 Å². The molecule has 5 heteroatoms. The third-order valence-electron chi connectivity index (χ3n) is 2.46. The van der Waals surface area contributed by atoms with Crippen LogP contribution in [0.15, 0.2) is 23.4 Å². The van der Waals surface area contributed by atoms with Crippen LogP contribution in [-0.2, 0) is 0 Å². The van der Waals surface area contributed by atoms with Crippen molar-refractivity contribution in [3.63, 3.8) is 0 Å². The maximum Gasteiger partial charge on any atom is 0.173 e. The lowest BCUT2D eigenvalue weighted by Crippen LogP contribution is -2.19. The molecule has 0 fully saturated rings. The second kappa shape index (κ2) is 6.23. The molecule has 0 aliphatic rings. The van der Waals surface area contributed by atoms with Gasteiger partial charge in [-0.2, -0.15) is 0 Å². The number of nitrogens with zero attached hydrogens (tertiary/aromatic N) is 1. The maximum atomic E-state index is 13.1. The fourth-order valence-corrected chi connectivity index (χ4v) is 1.79. The molecule has 1 aromatic carbocycles. The molecule has 1 unspecified atom stereocenters. The molecule has 0 aliphatic carbocycles. The van der Waals surface area contributed by atoms with Crippen molar-refractivity contribution in [1.29, 1.82) is 0 Å². The molecule has 0 radical (unpaired) electrons. The average molecular weight is 254 g/mol. The van der Waals surface area contributed by atoms with Gasteiger partial charge in [0.25, 0.3) is 0 Å². The summed E-state index contributed by atoms with van der Waals surface area (Å²) < 4.78 is 18.8. The summed E-state index contributed by atoms with van der Waals surface area (Å²) in [7, 11) is 0. The summed E-state index contributed by atoms with van der Waals surface area (Å²) in [6.45, 7) is 6.11. The highest BCUT2D eigenvalue weighted by Crippen LogP contribution is 2.22. The smallest absolute Gasteiger partial charge is 0.173 e. The van der Waals surface area contributed by atoms with Gasteiger partial charge in [-0.15, -0.1) is 0 Å². The second-order valence-corrected chi connectivity index (χ2v) is 4.68. The van der Waals surface area contributed by atoms with Crippen molar-refractivity contribution in [2.75, 3.05) is 0 Å². The number of halogens is 1. The molecule has 0 amide bonds. The van der Waals surface area contributed by atoms with Crippen LogP contribution in [0.3, 0.4) is 0 Å². The number of oxime groups is 1. The molecule has 0 heterocycles.